The van der Waals surface area contributed by atoms with Crippen molar-refractivity contribution in [2.45, 2.75) is 50.7 Å². The van der Waals surface area contributed by atoms with Gasteiger partial charge in [0.15, 0.2) is 11.5 Å². The number of carbonyl (C=O) groups is 3. The highest BCUT2D eigenvalue weighted by molar-refractivity contribution is 6.43. The Labute approximate surface area is 305 Å². The number of ketones is 1. The summed E-state index contributed by atoms with van der Waals surface area (Å²) in [4.78, 5) is 53.9. The van der Waals surface area contributed by atoms with Gasteiger partial charge in [0.25, 0.3) is 11.7 Å². The van der Waals surface area contributed by atoms with Gasteiger partial charge in [0.05, 0.1) is 27.9 Å². The van der Waals surface area contributed by atoms with E-state index in [4.69, 9.17) is 14.2 Å². The molecule has 0 saturated carbocycles. The second kappa shape index (κ2) is 18.4. The first-order valence-electron chi connectivity index (χ1n) is 17.3. The topological polar surface area (TPSA) is 114 Å². The number of imidazole rings is 1. The van der Waals surface area contributed by atoms with Crippen LogP contribution in [0, 0.1) is 0 Å². The van der Waals surface area contributed by atoms with Gasteiger partial charge in [0.2, 0.25) is 11.7 Å². The molecule has 5 rings (SSSR count). The first-order valence-corrected chi connectivity index (χ1v) is 17.3. The Kier molecular flexibility index (Phi) is 13.2. The molecular weight excluding hydrogens is 656 g/mol. The third kappa shape index (κ3) is 9.45. The highest BCUT2D eigenvalue weighted by atomic mass is 16.5. The molecule has 4 aromatic carbocycles. The molecule has 0 spiro atoms. The Morgan fingerprint density at radius 3 is 1.71 bits per heavy atom. The van der Waals surface area contributed by atoms with Gasteiger partial charge in [-0.1, -0.05) is 91.0 Å². The van der Waals surface area contributed by atoms with E-state index in [9.17, 15) is 9.59 Å². The van der Waals surface area contributed by atoms with Crippen molar-refractivity contribution in [1.82, 2.24) is 19.8 Å². The van der Waals surface area contributed by atoms with E-state index in [0.717, 1.165) is 18.4 Å². The quantitative estimate of drug-likeness (QED) is 0.0837. The second-order valence-electron chi connectivity index (χ2n) is 12.6. The summed E-state index contributed by atoms with van der Waals surface area (Å²) in [5.74, 6) is -0.533. The Balaban J connectivity index is 1.52. The molecule has 2 amide bonds. The van der Waals surface area contributed by atoms with Gasteiger partial charge in [-0.3, -0.25) is 14.4 Å². The molecule has 0 aliphatic rings. The Morgan fingerprint density at radius 1 is 0.731 bits per heavy atom. The fourth-order valence-electron chi connectivity index (χ4n) is 6.40. The van der Waals surface area contributed by atoms with Crippen molar-refractivity contribution in [3.8, 4) is 17.2 Å². The standard InChI is InChI=1S/C42H46N4O6/c1-45(42(49)39(47)33-27-36(50-2)40(52-4)37(28-33)51-3)35(26-32-18-12-7-13-19-32)41(48)46(29-38-43-24-25-44-38)34(22-20-30-14-8-5-9-15-30)23-21-31-16-10-6-11-17-31/h5-19,24-25,27-28,34-35H,20-23,26,29H2,1-4H3,(H,43,44)/t35-/m0/s1. The lowest BCUT2D eigenvalue weighted by molar-refractivity contribution is -0.145. The molecule has 0 aliphatic carbocycles. The van der Waals surface area contributed by atoms with Crippen molar-refractivity contribution in [1.29, 1.82) is 0 Å². The molecule has 0 bridgehead atoms. The average molecular weight is 703 g/mol. The van der Waals surface area contributed by atoms with E-state index in [2.05, 4.69) is 34.2 Å². The summed E-state index contributed by atoms with van der Waals surface area (Å²) in [5.41, 5.74) is 3.24. The lowest BCUT2D eigenvalue weighted by atomic mass is 9.95. The number of nitrogens with zero attached hydrogens (tertiary/aromatic N) is 3. The zero-order valence-electron chi connectivity index (χ0n) is 30.2. The molecule has 0 fully saturated rings. The van der Waals surface area contributed by atoms with Crippen LogP contribution in [-0.2, 0) is 35.4 Å². The number of hydrogen-bond donors (Lipinski definition) is 1. The first-order chi connectivity index (χ1) is 25.3. The van der Waals surface area contributed by atoms with Crippen LogP contribution in [0.25, 0.3) is 0 Å². The van der Waals surface area contributed by atoms with E-state index in [1.165, 1.54) is 56.5 Å². The Hall–Kier alpha value is -5.90. The average Bonchev–Trinajstić information content (AvgIpc) is 3.72. The van der Waals surface area contributed by atoms with E-state index < -0.39 is 17.7 Å². The van der Waals surface area contributed by atoms with Crippen molar-refractivity contribution in [2.24, 2.45) is 0 Å². The molecule has 1 N–H and O–H groups in total. The van der Waals surface area contributed by atoms with Gasteiger partial charge in [0, 0.05) is 37.5 Å². The number of rotatable bonds is 18. The van der Waals surface area contributed by atoms with Crippen molar-refractivity contribution >= 4 is 17.6 Å². The lowest BCUT2D eigenvalue weighted by Gasteiger charge is -2.37. The number of aryl methyl sites for hydroxylation is 2. The smallest absolute Gasteiger partial charge is 0.295 e. The lowest BCUT2D eigenvalue weighted by Crippen LogP contribution is -2.54. The van der Waals surface area contributed by atoms with Gasteiger partial charge in [0.1, 0.15) is 11.9 Å². The number of ether oxygens (including phenoxy) is 3. The highest BCUT2D eigenvalue weighted by Gasteiger charge is 2.37. The molecule has 10 heteroatoms. The van der Waals surface area contributed by atoms with E-state index in [-0.39, 0.29) is 42.0 Å². The summed E-state index contributed by atoms with van der Waals surface area (Å²) < 4.78 is 16.3. The molecule has 0 radical (unpaired) electrons. The number of aromatic nitrogens is 2. The molecule has 0 saturated heterocycles. The van der Waals surface area contributed by atoms with E-state index >= 15 is 4.79 Å². The minimum absolute atomic E-state index is 0.0494. The molecule has 10 nitrogen and oxygen atoms in total. The fourth-order valence-corrected chi connectivity index (χ4v) is 6.40. The SMILES string of the molecule is COc1cc(C(=O)C(=O)N(C)[C@@H](Cc2ccccc2)C(=O)N(Cc2ncc[nH]2)C(CCc2ccccc2)CCc2ccccc2)cc(OC)c1OC. The zero-order valence-corrected chi connectivity index (χ0v) is 30.2. The molecule has 270 valence electrons. The number of H-pyrrole nitrogens is 1. The molecule has 1 aromatic heterocycles. The summed E-state index contributed by atoms with van der Waals surface area (Å²) in [6, 6.07) is 31.6. The molecule has 52 heavy (non-hydrogen) atoms. The van der Waals surface area contributed by atoms with Gasteiger partial charge in [-0.25, -0.2) is 4.98 Å². The number of hydrogen-bond acceptors (Lipinski definition) is 7. The number of methoxy groups -OCH3 is 3. The Morgan fingerprint density at radius 2 is 1.25 bits per heavy atom. The maximum Gasteiger partial charge on any atom is 0.295 e. The molecule has 1 heterocycles. The first kappa shape index (κ1) is 37.4. The maximum atomic E-state index is 15.2. The normalized spacial score (nSPS) is 11.5. The van der Waals surface area contributed by atoms with Crippen LogP contribution in [0.5, 0.6) is 17.2 Å². The van der Waals surface area contributed by atoms with Crippen LogP contribution in [0.2, 0.25) is 0 Å². The second-order valence-corrected chi connectivity index (χ2v) is 12.6. The number of nitrogens with one attached hydrogen (secondary N) is 1. The number of Topliss-reactive ketones (excluding diaryl/α,β-unsaturated/α-hetero) is 1. The van der Waals surface area contributed by atoms with Crippen molar-refractivity contribution in [3.63, 3.8) is 0 Å². The summed E-state index contributed by atoms with van der Waals surface area (Å²) in [5, 5.41) is 0. The third-order valence-electron chi connectivity index (χ3n) is 9.28. The van der Waals surface area contributed by atoms with E-state index in [0.29, 0.717) is 24.4 Å². The van der Waals surface area contributed by atoms with Gasteiger partial charge >= 0.3 is 0 Å². The predicted octanol–water partition coefficient (Wildman–Crippen LogP) is 6.35. The fraction of sp³-hybridized carbons (Fsp3) is 0.286. The number of aromatic amines is 1. The Bertz CT molecular complexity index is 1820. The number of benzene rings is 4. The third-order valence-corrected chi connectivity index (χ3v) is 9.28. The molecule has 5 aromatic rings. The minimum atomic E-state index is -1.01. The molecule has 1 atom stereocenters. The van der Waals surface area contributed by atoms with Gasteiger partial charge < -0.3 is 29.0 Å². The van der Waals surface area contributed by atoms with E-state index in [1.54, 1.807) is 12.4 Å². The van der Waals surface area contributed by atoms with Crippen molar-refractivity contribution < 1.29 is 28.6 Å². The van der Waals surface area contributed by atoms with Crippen LogP contribution in [0.3, 0.4) is 0 Å². The molecule has 0 unspecified atom stereocenters. The van der Waals surface area contributed by atoms with Crippen LogP contribution in [0.15, 0.2) is 116 Å². The zero-order chi connectivity index (χ0) is 36.9. The largest absolute Gasteiger partial charge is 0.493 e. The van der Waals surface area contributed by atoms with Gasteiger partial charge in [-0.05, 0) is 54.5 Å². The van der Waals surface area contributed by atoms with Crippen LogP contribution in [0.1, 0.15) is 45.7 Å². The summed E-state index contributed by atoms with van der Waals surface area (Å²) >= 11 is 0. The monoisotopic (exact) mass is 702 g/mol. The molecule has 0 aliphatic heterocycles. The summed E-state index contributed by atoms with van der Waals surface area (Å²) in [6.07, 6.45) is 6.46. The summed E-state index contributed by atoms with van der Waals surface area (Å²) in [6.45, 7) is 0.203. The number of likely N-dealkylation sites (N-methyl/N-ethyl adjacent to an activating group) is 1. The van der Waals surface area contributed by atoms with Crippen LogP contribution in [0.4, 0.5) is 0 Å². The van der Waals surface area contributed by atoms with Crippen LogP contribution in [-0.4, -0.2) is 77.8 Å². The number of amides is 2. The van der Waals surface area contributed by atoms with Crippen LogP contribution < -0.4 is 14.2 Å². The van der Waals surface area contributed by atoms with Gasteiger partial charge in [-0.15, -0.1) is 0 Å². The van der Waals surface area contributed by atoms with E-state index in [1.807, 2.05) is 71.6 Å². The van der Waals surface area contributed by atoms with Crippen LogP contribution >= 0.6 is 0 Å². The summed E-state index contributed by atoms with van der Waals surface area (Å²) in [7, 11) is 5.85. The van der Waals surface area contributed by atoms with Crippen molar-refractivity contribution in [2.75, 3.05) is 28.4 Å². The minimum Gasteiger partial charge on any atom is -0.493 e. The van der Waals surface area contributed by atoms with Gasteiger partial charge in [-0.2, -0.15) is 0 Å². The predicted molar refractivity (Wildman–Crippen MR) is 200 cm³/mol. The highest BCUT2D eigenvalue weighted by Crippen LogP contribution is 2.38. The maximum absolute atomic E-state index is 15.2. The van der Waals surface area contributed by atoms with Crippen molar-refractivity contribution in [3.05, 3.63) is 144 Å². The molecular formula is C42H46N4O6. The number of carbonyl (C=O) groups excluding carboxylic acids is 3.